The molecule has 3 heteroatoms. The van der Waals surface area contributed by atoms with Gasteiger partial charge in [-0.2, -0.15) is 0 Å². The van der Waals surface area contributed by atoms with Gasteiger partial charge >= 0.3 is 0 Å². The summed E-state index contributed by atoms with van der Waals surface area (Å²) >= 11 is 0. The summed E-state index contributed by atoms with van der Waals surface area (Å²) in [6.45, 7) is 0.634. The Bertz CT molecular complexity index is 455. The lowest BCUT2D eigenvalue weighted by Crippen LogP contribution is -2.08. The standard InChI is InChI=1S/C15H18FNO/c16-15-10-12(4-3-9-17)7-8-13(15)11-18-14-5-1-2-6-14/h7-8,10,14H,1-2,5-6,9,11,17H2. The van der Waals surface area contributed by atoms with Crippen molar-refractivity contribution in [1.29, 1.82) is 0 Å². The molecule has 2 N–H and O–H groups in total. The van der Waals surface area contributed by atoms with E-state index in [1.54, 1.807) is 12.1 Å². The largest absolute Gasteiger partial charge is 0.373 e. The molecule has 0 radical (unpaired) electrons. The van der Waals surface area contributed by atoms with Gasteiger partial charge in [-0.05, 0) is 25.0 Å². The summed E-state index contributed by atoms with van der Waals surface area (Å²) in [6.07, 6.45) is 4.95. The van der Waals surface area contributed by atoms with E-state index in [2.05, 4.69) is 11.8 Å². The first-order valence-electron chi connectivity index (χ1n) is 6.38. The van der Waals surface area contributed by atoms with Crippen LogP contribution < -0.4 is 5.73 Å². The van der Waals surface area contributed by atoms with E-state index in [4.69, 9.17) is 10.5 Å². The van der Waals surface area contributed by atoms with Crippen molar-refractivity contribution >= 4 is 0 Å². The van der Waals surface area contributed by atoms with E-state index in [1.165, 1.54) is 18.9 Å². The van der Waals surface area contributed by atoms with Gasteiger partial charge in [0.15, 0.2) is 0 Å². The molecule has 0 atom stereocenters. The van der Waals surface area contributed by atoms with Gasteiger partial charge in [0.05, 0.1) is 19.3 Å². The van der Waals surface area contributed by atoms with Crippen molar-refractivity contribution in [3.8, 4) is 11.8 Å². The molecule has 18 heavy (non-hydrogen) atoms. The van der Waals surface area contributed by atoms with Crippen molar-refractivity contribution in [2.45, 2.75) is 38.4 Å². The highest BCUT2D eigenvalue weighted by atomic mass is 19.1. The number of halogens is 1. The van der Waals surface area contributed by atoms with Gasteiger partial charge in [0, 0.05) is 11.1 Å². The SMILES string of the molecule is NCC#Cc1ccc(COC2CCCC2)c(F)c1. The smallest absolute Gasteiger partial charge is 0.129 e. The van der Waals surface area contributed by atoms with Crippen LogP contribution in [0, 0.1) is 17.7 Å². The van der Waals surface area contributed by atoms with Crippen LogP contribution in [-0.2, 0) is 11.3 Å². The molecule has 0 heterocycles. The summed E-state index contributed by atoms with van der Waals surface area (Å²) in [5.74, 6) is 5.27. The first-order valence-corrected chi connectivity index (χ1v) is 6.38. The molecule has 0 unspecified atom stereocenters. The van der Waals surface area contributed by atoms with Crippen LogP contribution in [0.3, 0.4) is 0 Å². The molecule has 1 aliphatic rings. The van der Waals surface area contributed by atoms with E-state index in [-0.39, 0.29) is 12.4 Å². The van der Waals surface area contributed by atoms with Crippen LogP contribution in [0.4, 0.5) is 4.39 Å². The predicted molar refractivity (Wildman–Crippen MR) is 69.4 cm³/mol. The van der Waals surface area contributed by atoms with Crippen LogP contribution in [0.15, 0.2) is 18.2 Å². The fraction of sp³-hybridized carbons (Fsp3) is 0.467. The zero-order valence-corrected chi connectivity index (χ0v) is 10.4. The highest BCUT2D eigenvalue weighted by molar-refractivity contribution is 5.37. The van der Waals surface area contributed by atoms with Crippen LogP contribution in [-0.4, -0.2) is 12.6 Å². The van der Waals surface area contributed by atoms with E-state index < -0.39 is 0 Å². The summed E-state index contributed by atoms with van der Waals surface area (Å²) in [4.78, 5) is 0. The van der Waals surface area contributed by atoms with E-state index in [0.717, 1.165) is 12.8 Å². The molecule has 2 rings (SSSR count). The maximum absolute atomic E-state index is 13.8. The molecular formula is C15H18FNO. The number of hydrogen-bond acceptors (Lipinski definition) is 2. The molecule has 2 nitrogen and oxygen atoms in total. The molecule has 96 valence electrons. The third-order valence-corrected chi connectivity index (χ3v) is 3.16. The van der Waals surface area contributed by atoms with E-state index in [0.29, 0.717) is 23.8 Å². The maximum atomic E-state index is 13.8. The number of ether oxygens (including phenoxy) is 1. The van der Waals surface area contributed by atoms with Gasteiger partial charge in [-0.3, -0.25) is 0 Å². The Morgan fingerprint density at radius 2 is 2.11 bits per heavy atom. The van der Waals surface area contributed by atoms with Crippen molar-refractivity contribution < 1.29 is 9.13 Å². The molecule has 1 aromatic rings. The minimum absolute atomic E-state index is 0.253. The van der Waals surface area contributed by atoms with Crippen molar-refractivity contribution in [3.63, 3.8) is 0 Å². The van der Waals surface area contributed by atoms with Crippen LogP contribution in [0.25, 0.3) is 0 Å². The third kappa shape index (κ3) is 3.56. The number of rotatable bonds is 3. The molecule has 0 bridgehead atoms. The van der Waals surface area contributed by atoms with Crippen molar-refractivity contribution in [3.05, 3.63) is 35.1 Å². The summed E-state index contributed by atoms with van der Waals surface area (Å²) in [5, 5.41) is 0. The summed E-state index contributed by atoms with van der Waals surface area (Å²) in [5.41, 5.74) is 6.53. The molecule has 1 fully saturated rings. The highest BCUT2D eigenvalue weighted by Gasteiger charge is 2.15. The molecule has 0 aromatic heterocycles. The van der Waals surface area contributed by atoms with Gasteiger partial charge in [0.2, 0.25) is 0 Å². The predicted octanol–water partition coefficient (Wildman–Crippen LogP) is 2.60. The highest BCUT2D eigenvalue weighted by Crippen LogP contribution is 2.22. The fourth-order valence-electron chi connectivity index (χ4n) is 2.16. The fourth-order valence-corrected chi connectivity index (χ4v) is 2.16. The topological polar surface area (TPSA) is 35.2 Å². The molecule has 0 saturated heterocycles. The van der Waals surface area contributed by atoms with Gasteiger partial charge in [-0.25, -0.2) is 4.39 Å². The van der Waals surface area contributed by atoms with E-state index in [9.17, 15) is 4.39 Å². The summed E-state index contributed by atoms with van der Waals surface area (Å²) in [6, 6.07) is 4.99. The Morgan fingerprint density at radius 3 is 2.78 bits per heavy atom. The number of benzene rings is 1. The first-order chi connectivity index (χ1) is 8.79. The van der Waals surface area contributed by atoms with Gasteiger partial charge in [0.1, 0.15) is 5.82 Å². The summed E-state index contributed by atoms with van der Waals surface area (Å²) in [7, 11) is 0. The minimum Gasteiger partial charge on any atom is -0.373 e. The van der Waals surface area contributed by atoms with Crippen molar-refractivity contribution in [2.75, 3.05) is 6.54 Å². The van der Waals surface area contributed by atoms with Gasteiger partial charge < -0.3 is 10.5 Å². The Morgan fingerprint density at radius 1 is 1.33 bits per heavy atom. The molecule has 0 aliphatic heterocycles. The molecule has 0 amide bonds. The van der Waals surface area contributed by atoms with Crippen LogP contribution in [0.2, 0.25) is 0 Å². The molecule has 1 aliphatic carbocycles. The average molecular weight is 247 g/mol. The second kappa shape index (κ2) is 6.53. The Balaban J connectivity index is 1.96. The Kier molecular flexibility index (Phi) is 4.74. The quantitative estimate of drug-likeness (QED) is 0.833. The molecule has 0 spiro atoms. The van der Waals surface area contributed by atoms with Crippen molar-refractivity contribution in [2.24, 2.45) is 5.73 Å². The normalized spacial score (nSPS) is 15.4. The number of hydrogen-bond donors (Lipinski definition) is 1. The van der Waals surface area contributed by atoms with E-state index >= 15 is 0 Å². The zero-order valence-electron chi connectivity index (χ0n) is 10.4. The lowest BCUT2D eigenvalue weighted by molar-refractivity contribution is 0.0441. The van der Waals surface area contributed by atoms with E-state index in [1.807, 2.05) is 0 Å². The molecular weight excluding hydrogens is 229 g/mol. The van der Waals surface area contributed by atoms with Crippen LogP contribution in [0.5, 0.6) is 0 Å². The zero-order chi connectivity index (χ0) is 12.8. The van der Waals surface area contributed by atoms with Crippen LogP contribution >= 0.6 is 0 Å². The van der Waals surface area contributed by atoms with Gasteiger partial charge in [-0.1, -0.05) is 30.7 Å². The Hall–Kier alpha value is -1.37. The third-order valence-electron chi connectivity index (χ3n) is 3.16. The average Bonchev–Trinajstić information content (AvgIpc) is 2.88. The number of nitrogens with two attached hydrogens (primary N) is 1. The Labute approximate surface area is 107 Å². The maximum Gasteiger partial charge on any atom is 0.129 e. The van der Waals surface area contributed by atoms with Gasteiger partial charge in [0.25, 0.3) is 0 Å². The van der Waals surface area contributed by atoms with Gasteiger partial charge in [-0.15, -0.1) is 0 Å². The lowest BCUT2D eigenvalue weighted by atomic mass is 10.1. The summed E-state index contributed by atoms with van der Waals surface area (Å²) < 4.78 is 19.5. The lowest BCUT2D eigenvalue weighted by Gasteiger charge is -2.11. The molecule has 1 saturated carbocycles. The molecule has 1 aromatic carbocycles. The minimum atomic E-state index is -0.253. The first kappa shape index (κ1) is 13.1. The van der Waals surface area contributed by atoms with Crippen molar-refractivity contribution in [1.82, 2.24) is 0 Å². The monoisotopic (exact) mass is 247 g/mol. The van der Waals surface area contributed by atoms with Crippen LogP contribution in [0.1, 0.15) is 36.8 Å². The second-order valence-corrected chi connectivity index (χ2v) is 4.53. The second-order valence-electron chi connectivity index (χ2n) is 4.53.